The summed E-state index contributed by atoms with van der Waals surface area (Å²) in [6.45, 7) is 2.12. The van der Waals surface area contributed by atoms with Crippen molar-refractivity contribution >= 4 is 0 Å². The van der Waals surface area contributed by atoms with Crippen LogP contribution in [0.3, 0.4) is 0 Å². The maximum Gasteiger partial charge on any atom is 0.243 e. The Morgan fingerprint density at radius 3 is 2.67 bits per heavy atom. The minimum atomic E-state index is -0.216. The lowest BCUT2D eigenvalue weighted by Gasteiger charge is -2.07. The van der Waals surface area contributed by atoms with E-state index < -0.39 is 0 Å². The van der Waals surface area contributed by atoms with Gasteiger partial charge in [-0.15, -0.1) is 0 Å². The van der Waals surface area contributed by atoms with Gasteiger partial charge >= 0.3 is 0 Å². The van der Waals surface area contributed by atoms with Gasteiger partial charge in [0.25, 0.3) is 0 Å². The molecule has 0 aliphatic rings. The summed E-state index contributed by atoms with van der Waals surface area (Å²) in [6.07, 6.45) is 2.96. The number of ether oxygens (including phenoxy) is 2. The molecule has 0 amide bonds. The van der Waals surface area contributed by atoms with Gasteiger partial charge < -0.3 is 19.7 Å². The van der Waals surface area contributed by atoms with E-state index in [0.717, 1.165) is 24.8 Å². The number of aromatic nitrogens is 2. The first-order valence-electron chi connectivity index (χ1n) is 7.01. The maximum absolute atomic E-state index is 6.03. The first-order valence-corrected chi connectivity index (χ1v) is 7.01. The topological polar surface area (TPSA) is 83.4 Å². The first-order chi connectivity index (χ1) is 10.2. The van der Waals surface area contributed by atoms with Crippen LogP contribution in [-0.4, -0.2) is 24.4 Å². The predicted octanol–water partition coefficient (Wildman–Crippen LogP) is 2.94. The second kappa shape index (κ2) is 7.08. The molecule has 0 aliphatic carbocycles. The fourth-order valence-corrected chi connectivity index (χ4v) is 2.03. The van der Waals surface area contributed by atoms with E-state index in [-0.39, 0.29) is 6.04 Å². The number of benzene rings is 1. The number of nitrogens with two attached hydrogens (primary N) is 1. The minimum Gasteiger partial charge on any atom is -0.493 e. The van der Waals surface area contributed by atoms with E-state index >= 15 is 0 Å². The van der Waals surface area contributed by atoms with Crippen LogP contribution in [0.15, 0.2) is 22.7 Å². The van der Waals surface area contributed by atoms with Crippen molar-refractivity contribution in [2.24, 2.45) is 5.73 Å². The van der Waals surface area contributed by atoms with Crippen LogP contribution >= 0.6 is 0 Å². The lowest BCUT2D eigenvalue weighted by molar-refractivity contribution is 0.346. The van der Waals surface area contributed by atoms with Gasteiger partial charge in [-0.25, -0.2) is 0 Å². The van der Waals surface area contributed by atoms with Gasteiger partial charge in [-0.2, -0.15) is 4.98 Å². The number of nitrogens with zero attached hydrogens (tertiary/aromatic N) is 2. The molecule has 2 rings (SSSR count). The van der Waals surface area contributed by atoms with Crippen molar-refractivity contribution in [2.45, 2.75) is 32.2 Å². The smallest absolute Gasteiger partial charge is 0.243 e. The molecule has 0 saturated carbocycles. The molecule has 114 valence electrons. The molecule has 2 N–H and O–H groups in total. The highest BCUT2D eigenvalue weighted by Gasteiger charge is 2.16. The van der Waals surface area contributed by atoms with Crippen LogP contribution in [0.4, 0.5) is 0 Å². The van der Waals surface area contributed by atoms with E-state index in [4.69, 9.17) is 19.7 Å². The van der Waals surface area contributed by atoms with E-state index in [1.54, 1.807) is 20.3 Å². The quantitative estimate of drug-likeness (QED) is 0.844. The van der Waals surface area contributed by atoms with Gasteiger partial charge in [0.15, 0.2) is 11.5 Å². The molecule has 0 aliphatic heterocycles. The van der Waals surface area contributed by atoms with Gasteiger partial charge in [-0.05, 0) is 24.6 Å². The Morgan fingerprint density at radius 1 is 1.24 bits per heavy atom. The van der Waals surface area contributed by atoms with Crippen molar-refractivity contribution in [1.82, 2.24) is 10.1 Å². The van der Waals surface area contributed by atoms with Crippen molar-refractivity contribution in [1.29, 1.82) is 0 Å². The second-order valence-electron chi connectivity index (χ2n) is 4.77. The number of methoxy groups -OCH3 is 2. The number of rotatable bonds is 7. The standard InChI is InChI=1S/C15H21N3O3/c1-4-5-6-11(16)15-17-14(18-21-15)10-7-8-12(19-2)13(9-10)20-3/h7-9,11H,4-6,16H2,1-3H3. The summed E-state index contributed by atoms with van der Waals surface area (Å²) in [5.41, 5.74) is 6.83. The Hall–Kier alpha value is -2.08. The molecule has 1 aromatic carbocycles. The zero-order chi connectivity index (χ0) is 15.2. The Morgan fingerprint density at radius 2 is 2.00 bits per heavy atom. The number of unbranched alkanes of at least 4 members (excludes halogenated alkanes) is 1. The van der Waals surface area contributed by atoms with E-state index in [1.165, 1.54) is 0 Å². The van der Waals surface area contributed by atoms with E-state index in [2.05, 4.69) is 17.1 Å². The molecule has 2 aromatic rings. The Kier molecular flexibility index (Phi) is 5.16. The average Bonchev–Trinajstić information content (AvgIpc) is 3.01. The highest BCUT2D eigenvalue weighted by atomic mass is 16.5. The summed E-state index contributed by atoms with van der Waals surface area (Å²) in [5, 5.41) is 3.98. The predicted molar refractivity (Wildman–Crippen MR) is 79.3 cm³/mol. The molecule has 1 atom stereocenters. The van der Waals surface area contributed by atoms with E-state index in [9.17, 15) is 0 Å². The molecule has 1 aromatic heterocycles. The number of hydrogen-bond acceptors (Lipinski definition) is 6. The minimum absolute atomic E-state index is 0.216. The third-order valence-corrected chi connectivity index (χ3v) is 3.27. The molecule has 21 heavy (non-hydrogen) atoms. The normalized spacial score (nSPS) is 12.2. The molecule has 6 nitrogen and oxygen atoms in total. The van der Waals surface area contributed by atoms with Gasteiger partial charge in [0.05, 0.1) is 20.3 Å². The van der Waals surface area contributed by atoms with Crippen molar-refractivity contribution in [3.63, 3.8) is 0 Å². The molecule has 1 unspecified atom stereocenters. The third-order valence-electron chi connectivity index (χ3n) is 3.27. The summed E-state index contributed by atoms with van der Waals surface area (Å²) in [5.74, 6) is 2.24. The van der Waals surface area contributed by atoms with Crippen molar-refractivity contribution < 1.29 is 14.0 Å². The summed E-state index contributed by atoms with van der Waals surface area (Å²) in [6, 6.07) is 5.26. The lowest BCUT2D eigenvalue weighted by Crippen LogP contribution is -2.10. The van der Waals surface area contributed by atoms with Crippen molar-refractivity contribution in [3.05, 3.63) is 24.1 Å². The van der Waals surface area contributed by atoms with Crippen LogP contribution in [-0.2, 0) is 0 Å². The van der Waals surface area contributed by atoms with Crippen molar-refractivity contribution in [2.75, 3.05) is 14.2 Å². The summed E-state index contributed by atoms with van der Waals surface area (Å²) in [7, 11) is 3.18. The molecule has 0 bridgehead atoms. The highest BCUT2D eigenvalue weighted by molar-refractivity contribution is 5.60. The maximum atomic E-state index is 6.03. The molecule has 0 saturated heterocycles. The van der Waals surface area contributed by atoms with Gasteiger partial charge in [-0.3, -0.25) is 0 Å². The first kappa shape index (κ1) is 15.3. The van der Waals surface area contributed by atoms with E-state index in [0.29, 0.717) is 23.2 Å². The molecule has 1 heterocycles. The average molecular weight is 291 g/mol. The Bertz CT molecular complexity index is 583. The zero-order valence-electron chi connectivity index (χ0n) is 12.6. The zero-order valence-corrected chi connectivity index (χ0v) is 12.6. The fourth-order valence-electron chi connectivity index (χ4n) is 2.03. The lowest BCUT2D eigenvalue weighted by atomic mass is 10.1. The van der Waals surface area contributed by atoms with Gasteiger partial charge in [0, 0.05) is 5.56 Å². The Labute approximate surface area is 124 Å². The van der Waals surface area contributed by atoms with E-state index in [1.807, 2.05) is 12.1 Å². The van der Waals surface area contributed by atoms with Gasteiger partial charge in [0.2, 0.25) is 11.7 Å². The largest absolute Gasteiger partial charge is 0.493 e. The molecule has 0 fully saturated rings. The Balaban J connectivity index is 2.21. The fraction of sp³-hybridized carbons (Fsp3) is 0.467. The summed E-state index contributed by atoms with van der Waals surface area (Å²) >= 11 is 0. The van der Waals surface area contributed by atoms with Crippen LogP contribution in [0.25, 0.3) is 11.4 Å². The van der Waals surface area contributed by atoms with Crippen LogP contribution < -0.4 is 15.2 Å². The van der Waals surface area contributed by atoms with Crippen LogP contribution in [0.2, 0.25) is 0 Å². The summed E-state index contributed by atoms with van der Waals surface area (Å²) in [4.78, 5) is 4.37. The molecule has 6 heteroatoms. The molecular formula is C15H21N3O3. The highest BCUT2D eigenvalue weighted by Crippen LogP contribution is 2.31. The number of hydrogen-bond donors (Lipinski definition) is 1. The second-order valence-corrected chi connectivity index (χ2v) is 4.77. The SMILES string of the molecule is CCCCC(N)c1nc(-c2ccc(OC)c(OC)c2)no1. The van der Waals surface area contributed by atoms with Crippen LogP contribution in [0.1, 0.15) is 38.1 Å². The van der Waals surface area contributed by atoms with Gasteiger partial charge in [-0.1, -0.05) is 24.9 Å². The summed E-state index contributed by atoms with van der Waals surface area (Å²) < 4.78 is 15.7. The molecule has 0 radical (unpaired) electrons. The van der Waals surface area contributed by atoms with Gasteiger partial charge in [0.1, 0.15) is 0 Å². The molecule has 0 spiro atoms. The van der Waals surface area contributed by atoms with Crippen LogP contribution in [0.5, 0.6) is 11.5 Å². The molecular weight excluding hydrogens is 270 g/mol. The monoisotopic (exact) mass is 291 g/mol. The third kappa shape index (κ3) is 3.52. The van der Waals surface area contributed by atoms with Crippen molar-refractivity contribution in [3.8, 4) is 22.9 Å². The van der Waals surface area contributed by atoms with Crippen LogP contribution in [0, 0.1) is 0 Å².